The maximum Gasteiger partial charge on any atom is 0.183 e. The number of hydrogen-bond acceptors (Lipinski definition) is 3. The lowest BCUT2D eigenvalue weighted by molar-refractivity contribution is 0.714. The molecule has 0 spiro atoms. The fourth-order valence-electron chi connectivity index (χ4n) is 1.15. The highest BCUT2D eigenvalue weighted by Gasteiger charge is 2.08. The zero-order valence-corrected chi connectivity index (χ0v) is 9.74. The number of anilines is 1. The summed E-state index contributed by atoms with van der Waals surface area (Å²) < 4.78 is 0. The van der Waals surface area contributed by atoms with E-state index in [9.17, 15) is 0 Å². The summed E-state index contributed by atoms with van der Waals surface area (Å²) in [4.78, 5) is 5.69. The van der Waals surface area contributed by atoms with Gasteiger partial charge in [0.25, 0.3) is 0 Å². The molecule has 0 aliphatic heterocycles. The average molecular weight is 208 g/mol. The van der Waals surface area contributed by atoms with Crippen LogP contribution in [0.25, 0.3) is 0 Å². The van der Waals surface area contributed by atoms with Crippen molar-refractivity contribution in [1.29, 1.82) is 0 Å². The van der Waals surface area contributed by atoms with E-state index in [4.69, 9.17) is 6.42 Å². The molecule has 2 nitrogen and oxygen atoms in total. The summed E-state index contributed by atoms with van der Waals surface area (Å²) in [5, 5.41) is 4.34. The van der Waals surface area contributed by atoms with Crippen molar-refractivity contribution in [2.24, 2.45) is 0 Å². The molecule has 0 aliphatic carbocycles. The van der Waals surface area contributed by atoms with Crippen molar-refractivity contribution in [3.63, 3.8) is 0 Å². The van der Waals surface area contributed by atoms with E-state index in [0.29, 0.717) is 6.04 Å². The van der Waals surface area contributed by atoms with Crippen LogP contribution >= 0.6 is 11.3 Å². The molecule has 1 N–H and O–H groups in total. The number of thiazole rings is 1. The monoisotopic (exact) mass is 208 g/mol. The Kier molecular flexibility index (Phi) is 3.97. The fourth-order valence-corrected chi connectivity index (χ4v) is 2.04. The Hall–Kier alpha value is -1.01. The smallest absolute Gasteiger partial charge is 0.183 e. The molecular formula is C11H16N2S. The Balaban J connectivity index is 2.63. The number of aryl methyl sites for hydroxylation is 2. The van der Waals surface area contributed by atoms with E-state index in [1.54, 1.807) is 11.3 Å². The van der Waals surface area contributed by atoms with Crippen molar-refractivity contribution in [3.05, 3.63) is 10.6 Å². The van der Waals surface area contributed by atoms with Crippen LogP contribution in [0.5, 0.6) is 0 Å². The van der Waals surface area contributed by atoms with Crippen molar-refractivity contribution in [1.82, 2.24) is 4.98 Å². The lowest BCUT2D eigenvalue weighted by Gasteiger charge is -2.12. The number of rotatable bonds is 4. The minimum atomic E-state index is 0.352. The third-order valence-corrected chi connectivity index (χ3v) is 3.22. The van der Waals surface area contributed by atoms with Gasteiger partial charge in [-0.05, 0) is 20.3 Å². The molecule has 1 heterocycles. The molecule has 3 heteroatoms. The predicted octanol–water partition coefficient (Wildman–Crippen LogP) is 2.97. The third-order valence-electron chi connectivity index (χ3n) is 2.21. The van der Waals surface area contributed by atoms with Gasteiger partial charge in [-0.15, -0.1) is 23.7 Å². The van der Waals surface area contributed by atoms with Crippen molar-refractivity contribution in [2.75, 3.05) is 5.32 Å². The van der Waals surface area contributed by atoms with Gasteiger partial charge in [-0.2, -0.15) is 0 Å². The van der Waals surface area contributed by atoms with Crippen LogP contribution in [0.4, 0.5) is 5.13 Å². The summed E-state index contributed by atoms with van der Waals surface area (Å²) in [5.74, 6) is 2.67. The Morgan fingerprint density at radius 3 is 2.71 bits per heavy atom. The first-order valence-corrected chi connectivity index (χ1v) is 5.63. The van der Waals surface area contributed by atoms with E-state index in [1.807, 2.05) is 6.92 Å². The predicted molar refractivity (Wildman–Crippen MR) is 62.7 cm³/mol. The zero-order valence-electron chi connectivity index (χ0n) is 8.92. The summed E-state index contributed by atoms with van der Waals surface area (Å²) in [6.07, 6.45) is 7.07. The maximum absolute atomic E-state index is 5.29. The van der Waals surface area contributed by atoms with Crippen LogP contribution < -0.4 is 5.32 Å². The van der Waals surface area contributed by atoms with Crippen LogP contribution in [0, 0.1) is 26.2 Å². The molecule has 1 unspecified atom stereocenters. The first-order valence-electron chi connectivity index (χ1n) is 4.81. The van der Waals surface area contributed by atoms with Gasteiger partial charge in [0, 0.05) is 17.3 Å². The third kappa shape index (κ3) is 2.74. The lowest BCUT2D eigenvalue weighted by Crippen LogP contribution is -2.17. The second kappa shape index (κ2) is 5.02. The Bertz CT molecular complexity index is 316. The molecular weight excluding hydrogens is 192 g/mol. The van der Waals surface area contributed by atoms with Gasteiger partial charge in [0.05, 0.1) is 5.69 Å². The Morgan fingerprint density at radius 1 is 1.57 bits per heavy atom. The molecule has 14 heavy (non-hydrogen) atoms. The minimum absolute atomic E-state index is 0.352. The van der Waals surface area contributed by atoms with Crippen molar-refractivity contribution in [2.45, 2.75) is 39.7 Å². The van der Waals surface area contributed by atoms with Crippen molar-refractivity contribution < 1.29 is 0 Å². The lowest BCUT2D eigenvalue weighted by atomic mass is 10.2. The van der Waals surface area contributed by atoms with Crippen LogP contribution in [0.1, 0.15) is 30.3 Å². The molecule has 0 fully saturated rings. The number of nitrogens with zero attached hydrogens (tertiary/aromatic N) is 1. The highest BCUT2D eigenvalue weighted by atomic mass is 32.1. The van der Waals surface area contributed by atoms with Gasteiger partial charge in [0.1, 0.15) is 0 Å². The fraction of sp³-hybridized carbons (Fsp3) is 0.545. The van der Waals surface area contributed by atoms with Crippen molar-refractivity contribution >= 4 is 16.5 Å². The van der Waals surface area contributed by atoms with Gasteiger partial charge >= 0.3 is 0 Å². The number of terminal acetylenes is 1. The van der Waals surface area contributed by atoms with E-state index in [2.05, 4.69) is 30.1 Å². The van der Waals surface area contributed by atoms with E-state index in [-0.39, 0.29) is 0 Å². The Labute approximate surface area is 89.8 Å². The van der Waals surface area contributed by atoms with Crippen LogP contribution in [0.15, 0.2) is 0 Å². The zero-order chi connectivity index (χ0) is 10.6. The highest BCUT2D eigenvalue weighted by Crippen LogP contribution is 2.22. The second-order valence-electron chi connectivity index (χ2n) is 3.32. The van der Waals surface area contributed by atoms with Gasteiger partial charge < -0.3 is 5.32 Å². The summed E-state index contributed by atoms with van der Waals surface area (Å²) in [5.41, 5.74) is 1.10. The van der Waals surface area contributed by atoms with Gasteiger partial charge in [-0.1, -0.05) is 6.92 Å². The molecule has 0 bridgehead atoms. The maximum atomic E-state index is 5.29. The van der Waals surface area contributed by atoms with E-state index in [1.165, 1.54) is 4.88 Å². The summed E-state index contributed by atoms with van der Waals surface area (Å²) in [6.45, 7) is 6.24. The molecule has 1 atom stereocenters. The first-order chi connectivity index (χ1) is 6.67. The van der Waals surface area contributed by atoms with Crippen LogP contribution in [0.3, 0.4) is 0 Å². The van der Waals surface area contributed by atoms with Gasteiger partial charge in [0.15, 0.2) is 5.13 Å². The molecule has 0 saturated carbocycles. The van der Waals surface area contributed by atoms with E-state index in [0.717, 1.165) is 23.7 Å². The SMILES string of the molecule is C#CCC(CC)Nc1nc(C)c(C)s1. The standard InChI is InChI=1S/C11H16N2S/c1-5-7-10(6-2)13-11-12-8(3)9(4)14-11/h1,10H,6-7H2,2-4H3,(H,12,13). The quantitative estimate of drug-likeness (QED) is 0.769. The molecule has 1 rings (SSSR count). The number of hydrogen-bond donors (Lipinski definition) is 1. The molecule has 0 amide bonds. The molecule has 0 saturated heterocycles. The molecule has 76 valence electrons. The molecule has 0 aromatic carbocycles. The van der Waals surface area contributed by atoms with Crippen molar-refractivity contribution in [3.8, 4) is 12.3 Å². The number of nitrogens with one attached hydrogen (secondary N) is 1. The first kappa shape index (κ1) is 11.1. The minimum Gasteiger partial charge on any atom is -0.358 e. The normalized spacial score (nSPS) is 12.1. The second-order valence-corrected chi connectivity index (χ2v) is 4.52. The molecule has 0 radical (unpaired) electrons. The van der Waals surface area contributed by atoms with E-state index < -0.39 is 0 Å². The average Bonchev–Trinajstić information content (AvgIpc) is 2.45. The summed E-state index contributed by atoms with van der Waals surface area (Å²) >= 11 is 1.69. The number of aromatic nitrogens is 1. The van der Waals surface area contributed by atoms with Crippen LogP contribution in [-0.4, -0.2) is 11.0 Å². The molecule has 0 aliphatic rings. The molecule has 1 aromatic rings. The summed E-state index contributed by atoms with van der Waals surface area (Å²) in [7, 11) is 0. The van der Waals surface area contributed by atoms with Crippen LogP contribution in [0.2, 0.25) is 0 Å². The topological polar surface area (TPSA) is 24.9 Å². The Morgan fingerprint density at radius 2 is 2.29 bits per heavy atom. The molecule has 1 aromatic heterocycles. The summed E-state index contributed by atoms with van der Waals surface area (Å²) in [6, 6.07) is 0.352. The highest BCUT2D eigenvalue weighted by molar-refractivity contribution is 7.15. The van der Waals surface area contributed by atoms with Gasteiger partial charge in [-0.3, -0.25) is 0 Å². The van der Waals surface area contributed by atoms with Gasteiger partial charge in [0.2, 0.25) is 0 Å². The van der Waals surface area contributed by atoms with Crippen LogP contribution in [-0.2, 0) is 0 Å². The van der Waals surface area contributed by atoms with E-state index >= 15 is 0 Å². The largest absolute Gasteiger partial charge is 0.358 e. The van der Waals surface area contributed by atoms with Gasteiger partial charge in [-0.25, -0.2) is 4.98 Å².